The van der Waals surface area contributed by atoms with E-state index in [4.69, 9.17) is 4.74 Å². The summed E-state index contributed by atoms with van der Waals surface area (Å²) in [6.07, 6.45) is 3.92. The minimum Gasteiger partial charge on any atom is -0.467 e. The number of carbonyl (C=O) groups is 1. The van der Waals surface area contributed by atoms with Crippen molar-refractivity contribution in [1.82, 2.24) is 4.98 Å². The second kappa shape index (κ2) is 9.25. The number of benzene rings is 2. The molecule has 0 amide bonds. The summed E-state index contributed by atoms with van der Waals surface area (Å²) >= 11 is 0. The second-order valence-electron chi connectivity index (χ2n) is 8.07. The van der Waals surface area contributed by atoms with Crippen LogP contribution in [0.1, 0.15) is 37.3 Å². The van der Waals surface area contributed by atoms with Gasteiger partial charge in [-0.15, -0.1) is 0 Å². The SMILES string of the molecule is CCCc1ccc2[nH]c(=O)c(CNc3ccc(N4CCC[C@H]4C(=O)OC)cc3)cc2c1. The molecule has 0 saturated carbocycles. The zero-order valence-electron chi connectivity index (χ0n) is 18.1. The van der Waals surface area contributed by atoms with Crippen LogP contribution >= 0.6 is 0 Å². The number of methoxy groups -OCH3 is 1. The predicted molar refractivity (Wildman–Crippen MR) is 125 cm³/mol. The Morgan fingerprint density at radius 2 is 2.00 bits per heavy atom. The summed E-state index contributed by atoms with van der Waals surface area (Å²) in [5.41, 5.74) is 4.71. The number of carbonyl (C=O) groups excluding carboxylic acids is 1. The van der Waals surface area contributed by atoms with Crippen LogP contribution in [0.25, 0.3) is 10.9 Å². The number of aromatic amines is 1. The molecule has 1 saturated heterocycles. The maximum absolute atomic E-state index is 12.5. The van der Waals surface area contributed by atoms with Crippen molar-refractivity contribution in [1.29, 1.82) is 0 Å². The molecule has 3 aromatic rings. The van der Waals surface area contributed by atoms with E-state index in [1.807, 2.05) is 36.4 Å². The molecule has 0 bridgehead atoms. The fraction of sp³-hybridized carbons (Fsp3) is 0.360. The summed E-state index contributed by atoms with van der Waals surface area (Å²) in [7, 11) is 1.44. The van der Waals surface area contributed by atoms with Gasteiger partial charge < -0.3 is 19.9 Å². The van der Waals surface area contributed by atoms with Crippen LogP contribution < -0.4 is 15.8 Å². The van der Waals surface area contributed by atoms with Crippen molar-refractivity contribution in [3.8, 4) is 0 Å². The first kappa shape index (κ1) is 21.0. The Hall–Kier alpha value is -3.28. The number of H-pyrrole nitrogens is 1. The average molecular weight is 420 g/mol. The molecule has 1 aliphatic rings. The van der Waals surface area contributed by atoms with Gasteiger partial charge in [0.25, 0.3) is 5.56 Å². The summed E-state index contributed by atoms with van der Waals surface area (Å²) < 4.78 is 4.93. The van der Waals surface area contributed by atoms with Crippen LogP contribution in [0.5, 0.6) is 0 Å². The molecule has 1 fully saturated rings. The molecule has 0 radical (unpaired) electrons. The lowest BCUT2D eigenvalue weighted by Crippen LogP contribution is -2.36. The molecular weight excluding hydrogens is 390 g/mol. The van der Waals surface area contributed by atoms with Gasteiger partial charge in [0.15, 0.2) is 0 Å². The van der Waals surface area contributed by atoms with Gasteiger partial charge in [0, 0.05) is 35.5 Å². The zero-order valence-corrected chi connectivity index (χ0v) is 18.1. The Balaban J connectivity index is 1.46. The quantitative estimate of drug-likeness (QED) is 0.561. The number of pyridine rings is 1. The molecule has 2 heterocycles. The summed E-state index contributed by atoms with van der Waals surface area (Å²) in [6, 6.07) is 16.0. The lowest BCUT2D eigenvalue weighted by molar-refractivity contribution is -0.141. The molecule has 1 aromatic heterocycles. The average Bonchev–Trinajstić information content (AvgIpc) is 3.28. The van der Waals surface area contributed by atoms with E-state index < -0.39 is 0 Å². The predicted octanol–water partition coefficient (Wildman–Crippen LogP) is 4.23. The fourth-order valence-electron chi connectivity index (χ4n) is 4.30. The molecule has 2 aromatic carbocycles. The second-order valence-corrected chi connectivity index (χ2v) is 8.07. The van der Waals surface area contributed by atoms with Gasteiger partial charge in [0.1, 0.15) is 6.04 Å². The molecule has 2 N–H and O–H groups in total. The third kappa shape index (κ3) is 4.58. The number of nitrogens with one attached hydrogen (secondary N) is 2. The summed E-state index contributed by atoms with van der Waals surface area (Å²) in [4.78, 5) is 29.6. The Kier molecular flexibility index (Phi) is 6.26. The van der Waals surface area contributed by atoms with Crippen LogP contribution in [-0.4, -0.2) is 30.6 Å². The van der Waals surface area contributed by atoms with E-state index in [1.165, 1.54) is 12.7 Å². The minimum atomic E-state index is -0.211. The molecule has 0 spiro atoms. The number of nitrogens with zero attached hydrogens (tertiary/aromatic N) is 1. The van der Waals surface area contributed by atoms with E-state index >= 15 is 0 Å². The van der Waals surface area contributed by atoms with Crippen molar-refractivity contribution in [3.05, 3.63) is 70.0 Å². The largest absolute Gasteiger partial charge is 0.467 e. The van der Waals surface area contributed by atoms with Crippen molar-refractivity contribution in [2.45, 2.75) is 45.2 Å². The third-order valence-corrected chi connectivity index (χ3v) is 5.93. The molecule has 6 nitrogen and oxygen atoms in total. The number of esters is 1. The summed E-state index contributed by atoms with van der Waals surface area (Å²) in [5.74, 6) is -0.183. The Bertz CT molecular complexity index is 1120. The van der Waals surface area contributed by atoms with Gasteiger partial charge in [-0.3, -0.25) is 4.79 Å². The van der Waals surface area contributed by atoms with E-state index in [2.05, 4.69) is 34.3 Å². The number of aromatic nitrogens is 1. The van der Waals surface area contributed by atoms with Gasteiger partial charge in [-0.1, -0.05) is 19.4 Å². The molecule has 1 aliphatic heterocycles. The van der Waals surface area contributed by atoms with E-state index in [0.29, 0.717) is 12.1 Å². The van der Waals surface area contributed by atoms with Gasteiger partial charge in [0.05, 0.1) is 7.11 Å². The molecule has 0 aliphatic carbocycles. The lowest BCUT2D eigenvalue weighted by Gasteiger charge is -2.25. The van der Waals surface area contributed by atoms with Crippen molar-refractivity contribution in [2.75, 3.05) is 23.9 Å². The topological polar surface area (TPSA) is 74.4 Å². The highest BCUT2D eigenvalue weighted by atomic mass is 16.5. The van der Waals surface area contributed by atoms with Gasteiger partial charge in [-0.05, 0) is 72.7 Å². The number of aryl methyl sites for hydroxylation is 1. The molecule has 6 heteroatoms. The molecule has 162 valence electrons. The van der Waals surface area contributed by atoms with Gasteiger partial charge in [0.2, 0.25) is 0 Å². The third-order valence-electron chi connectivity index (χ3n) is 5.93. The smallest absolute Gasteiger partial charge is 0.328 e. The highest BCUT2D eigenvalue weighted by Crippen LogP contribution is 2.27. The molecule has 0 unspecified atom stereocenters. The van der Waals surface area contributed by atoms with Crippen LogP contribution in [0.15, 0.2) is 53.3 Å². The number of hydrogen-bond acceptors (Lipinski definition) is 5. The Morgan fingerprint density at radius 3 is 2.74 bits per heavy atom. The van der Waals surface area contributed by atoms with E-state index in [1.54, 1.807) is 0 Å². The van der Waals surface area contributed by atoms with Crippen molar-refractivity contribution in [2.24, 2.45) is 0 Å². The van der Waals surface area contributed by atoms with E-state index in [0.717, 1.165) is 54.5 Å². The number of rotatable bonds is 7. The lowest BCUT2D eigenvalue weighted by atomic mass is 10.1. The van der Waals surface area contributed by atoms with Crippen LogP contribution in [0.4, 0.5) is 11.4 Å². The van der Waals surface area contributed by atoms with E-state index in [9.17, 15) is 9.59 Å². The van der Waals surface area contributed by atoms with Crippen LogP contribution in [0, 0.1) is 0 Å². The molecule has 4 rings (SSSR count). The van der Waals surface area contributed by atoms with Gasteiger partial charge in [-0.25, -0.2) is 4.79 Å². The standard InChI is InChI=1S/C25H29N3O3/c1-3-5-17-7-12-22-18(14-17)15-19(24(29)27-22)16-26-20-8-10-21(11-9-20)28-13-4-6-23(28)25(30)31-2/h7-12,14-15,23,26H,3-6,13,16H2,1-2H3,(H,27,29)/t23-/m0/s1. The molecule has 1 atom stereocenters. The van der Waals surface area contributed by atoms with Crippen LogP contribution in [0.3, 0.4) is 0 Å². The van der Waals surface area contributed by atoms with Gasteiger partial charge >= 0.3 is 5.97 Å². The van der Waals surface area contributed by atoms with Crippen LogP contribution in [-0.2, 0) is 22.5 Å². The number of fused-ring (bicyclic) bond motifs is 1. The highest BCUT2D eigenvalue weighted by Gasteiger charge is 2.31. The zero-order chi connectivity index (χ0) is 21.8. The van der Waals surface area contributed by atoms with Gasteiger partial charge in [-0.2, -0.15) is 0 Å². The monoisotopic (exact) mass is 419 g/mol. The van der Waals surface area contributed by atoms with Crippen molar-refractivity contribution in [3.63, 3.8) is 0 Å². The maximum atomic E-state index is 12.5. The fourth-order valence-corrected chi connectivity index (χ4v) is 4.30. The summed E-state index contributed by atoms with van der Waals surface area (Å²) in [6.45, 7) is 3.45. The van der Waals surface area contributed by atoms with Crippen molar-refractivity contribution < 1.29 is 9.53 Å². The number of hydrogen-bond donors (Lipinski definition) is 2. The van der Waals surface area contributed by atoms with E-state index in [-0.39, 0.29) is 17.6 Å². The number of ether oxygens (including phenoxy) is 1. The van der Waals surface area contributed by atoms with Crippen molar-refractivity contribution >= 4 is 28.2 Å². The first-order valence-corrected chi connectivity index (χ1v) is 10.9. The van der Waals surface area contributed by atoms with Crippen LogP contribution in [0.2, 0.25) is 0 Å². The minimum absolute atomic E-state index is 0.0714. The highest BCUT2D eigenvalue weighted by molar-refractivity contribution is 5.81. The maximum Gasteiger partial charge on any atom is 0.328 e. The normalized spacial score (nSPS) is 15.9. The Morgan fingerprint density at radius 1 is 1.19 bits per heavy atom. The number of anilines is 2. The first-order valence-electron chi connectivity index (χ1n) is 10.9. The first-order chi connectivity index (χ1) is 15.1. The molecular formula is C25H29N3O3. The summed E-state index contributed by atoms with van der Waals surface area (Å²) in [5, 5.41) is 4.40. The Labute approximate surface area is 182 Å². The molecule has 31 heavy (non-hydrogen) atoms.